The van der Waals surface area contributed by atoms with Crippen molar-refractivity contribution in [3.05, 3.63) is 41.5 Å². The van der Waals surface area contributed by atoms with Gasteiger partial charge in [0.25, 0.3) is 10.0 Å². The molecule has 2 atom stereocenters. The average Bonchev–Trinajstić information content (AvgIpc) is 2.58. The fraction of sp³-hybridized carbons (Fsp3) is 0.500. The van der Waals surface area contributed by atoms with Crippen LogP contribution in [0.2, 0.25) is 0 Å². The Hall–Kier alpha value is -1.17. The van der Waals surface area contributed by atoms with E-state index in [1.54, 1.807) is 12.1 Å². The topological polar surface area (TPSA) is 49.4 Å². The highest BCUT2D eigenvalue weighted by molar-refractivity contribution is 7.89. The third-order valence-corrected chi connectivity index (χ3v) is 5.91. The molecule has 2 heterocycles. The van der Waals surface area contributed by atoms with Gasteiger partial charge in [-0.1, -0.05) is 29.3 Å². The predicted octanol–water partition coefficient (Wildman–Crippen LogP) is 2.76. The van der Waals surface area contributed by atoms with Crippen LogP contribution < -0.4 is 4.83 Å². The van der Waals surface area contributed by atoms with E-state index in [2.05, 4.69) is 24.8 Å². The Morgan fingerprint density at radius 3 is 2.52 bits per heavy atom. The maximum absolute atomic E-state index is 12.6. The maximum Gasteiger partial charge on any atom is 0.253 e. The summed E-state index contributed by atoms with van der Waals surface area (Å²) in [6.45, 7) is 6.22. The van der Waals surface area contributed by atoms with Crippen LogP contribution in [0, 0.1) is 6.92 Å². The van der Waals surface area contributed by atoms with Crippen molar-refractivity contribution >= 4 is 10.0 Å². The molecule has 0 unspecified atom stereocenters. The van der Waals surface area contributed by atoms with E-state index in [1.807, 2.05) is 24.1 Å². The van der Waals surface area contributed by atoms with Crippen LogP contribution >= 0.6 is 0 Å². The Bertz CT molecular complexity index is 679. The van der Waals surface area contributed by atoms with Gasteiger partial charge < -0.3 is 0 Å². The molecule has 1 N–H and O–H groups in total. The molecule has 0 aromatic heterocycles. The minimum atomic E-state index is -3.51. The monoisotopic (exact) mass is 306 g/mol. The van der Waals surface area contributed by atoms with Gasteiger partial charge in [0.05, 0.1) is 4.90 Å². The number of sulfonamides is 1. The Balaban J connectivity index is 1.88. The van der Waals surface area contributed by atoms with Gasteiger partial charge in [0.1, 0.15) is 0 Å². The quantitative estimate of drug-likeness (QED) is 0.874. The zero-order valence-corrected chi connectivity index (χ0v) is 13.6. The minimum absolute atomic E-state index is 0.110. The van der Waals surface area contributed by atoms with E-state index < -0.39 is 10.0 Å². The summed E-state index contributed by atoms with van der Waals surface area (Å²) < 4.78 is 25.2. The van der Waals surface area contributed by atoms with E-state index >= 15 is 0 Å². The van der Waals surface area contributed by atoms with Gasteiger partial charge >= 0.3 is 0 Å². The lowest BCUT2D eigenvalue weighted by Crippen LogP contribution is -2.56. The van der Waals surface area contributed by atoms with Crippen LogP contribution in [-0.4, -0.2) is 25.0 Å². The number of hydrogen-bond acceptors (Lipinski definition) is 3. The molecule has 5 heteroatoms. The Morgan fingerprint density at radius 2 is 1.90 bits per heavy atom. The highest BCUT2D eigenvalue weighted by Gasteiger charge is 2.46. The van der Waals surface area contributed by atoms with Gasteiger partial charge in [0.2, 0.25) is 0 Å². The number of hydrogen-bond donors (Lipinski definition) is 1. The average molecular weight is 306 g/mol. The molecule has 1 fully saturated rings. The summed E-state index contributed by atoms with van der Waals surface area (Å²) in [7, 11) is -3.51. The fourth-order valence-electron chi connectivity index (χ4n) is 3.51. The van der Waals surface area contributed by atoms with Crippen molar-refractivity contribution < 1.29 is 8.42 Å². The molecule has 21 heavy (non-hydrogen) atoms. The smallest absolute Gasteiger partial charge is 0.217 e. The second kappa shape index (κ2) is 4.93. The first-order valence-electron chi connectivity index (χ1n) is 7.36. The van der Waals surface area contributed by atoms with Gasteiger partial charge in [-0.25, -0.2) is 13.4 Å². The summed E-state index contributed by atoms with van der Waals surface area (Å²) in [5.41, 5.74) is 2.30. The van der Waals surface area contributed by atoms with Gasteiger partial charge in [-0.05, 0) is 52.2 Å². The van der Waals surface area contributed by atoms with Gasteiger partial charge in [0, 0.05) is 11.6 Å². The zero-order valence-electron chi connectivity index (χ0n) is 12.8. The predicted molar refractivity (Wildman–Crippen MR) is 83.1 cm³/mol. The Morgan fingerprint density at radius 1 is 1.24 bits per heavy atom. The first kappa shape index (κ1) is 14.8. The largest absolute Gasteiger partial charge is 0.253 e. The lowest BCUT2D eigenvalue weighted by molar-refractivity contribution is 0.0936. The fourth-order valence-corrected chi connectivity index (χ4v) is 4.72. The number of nitrogens with one attached hydrogen (secondary N) is 1. The maximum atomic E-state index is 12.6. The van der Waals surface area contributed by atoms with Crippen molar-refractivity contribution in [3.8, 4) is 0 Å². The van der Waals surface area contributed by atoms with Crippen molar-refractivity contribution in [1.29, 1.82) is 0 Å². The highest BCUT2D eigenvalue weighted by Crippen LogP contribution is 2.42. The van der Waals surface area contributed by atoms with E-state index in [1.165, 1.54) is 5.57 Å². The molecule has 3 rings (SSSR count). The van der Waals surface area contributed by atoms with Crippen molar-refractivity contribution in [3.63, 3.8) is 0 Å². The van der Waals surface area contributed by atoms with Crippen LogP contribution in [0.4, 0.5) is 0 Å². The summed E-state index contributed by atoms with van der Waals surface area (Å²) in [5.74, 6) is 0. The second-order valence-electron chi connectivity index (χ2n) is 6.57. The SMILES string of the molecule is CC1=C[C@H]2CC[C@@](C)(C1)N2NS(=O)(=O)c1ccc(C)cc1. The number of benzene rings is 1. The normalized spacial score (nSPS) is 29.5. The van der Waals surface area contributed by atoms with Gasteiger partial charge in [0.15, 0.2) is 0 Å². The molecule has 0 spiro atoms. The lowest BCUT2D eigenvalue weighted by Gasteiger charge is -2.41. The lowest BCUT2D eigenvalue weighted by atomic mass is 9.91. The molecule has 1 aromatic rings. The molecule has 2 aliphatic rings. The molecule has 1 aromatic carbocycles. The van der Waals surface area contributed by atoms with Crippen LogP contribution in [0.1, 0.15) is 38.7 Å². The van der Waals surface area contributed by atoms with Gasteiger partial charge in [-0.2, -0.15) is 0 Å². The van der Waals surface area contributed by atoms with Crippen LogP contribution in [0.15, 0.2) is 40.8 Å². The van der Waals surface area contributed by atoms with E-state index in [0.717, 1.165) is 24.8 Å². The van der Waals surface area contributed by atoms with Gasteiger partial charge in [-0.15, -0.1) is 4.83 Å². The molecule has 2 aliphatic heterocycles. The number of rotatable bonds is 3. The van der Waals surface area contributed by atoms with Crippen molar-refractivity contribution in [1.82, 2.24) is 9.84 Å². The van der Waals surface area contributed by atoms with E-state index in [9.17, 15) is 8.42 Å². The van der Waals surface area contributed by atoms with Crippen LogP contribution in [0.25, 0.3) is 0 Å². The van der Waals surface area contributed by atoms with Crippen LogP contribution in [-0.2, 0) is 10.0 Å². The molecular formula is C16H22N2O2S. The summed E-state index contributed by atoms with van der Waals surface area (Å²) in [6, 6.07) is 7.14. The third-order valence-electron chi connectivity index (χ3n) is 4.58. The summed E-state index contributed by atoms with van der Waals surface area (Å²) >= 11 is 0. The molecule has 2 bridgehead atoms. The minimum Gasteiger partial charge on any atom is -0.217 e. The molecule has 0 radical (unpaired) electrons. The second-order valence-corrected chi connectivity index (χ2v) is 8.23. The number of nitrogens with zero attached hydrogens (tertiary/aromatic N) is 1. The van der Waals surface area contributed by atoms with Crippen LogP contribution in [0.3, 0.4) is 0 Å². The van der Waals surface area contributed by atoms with Crippen molar-refractivity contribution in [2.45, 2.75) is 56.5 Å². The molecule has 0 saturated carbocycles. The first-order chi connectivity index (χ1) is 9.80. The summed E-state index contributed by atoms with van der Waals surface area (Å²) in [6.07, 6.45) is 5.12. The number of hydrazine groups is 1. The van der Waals surface area contributed by atoms with Crippen molar-refractivity contribution in [2.24, 2.45) is 0 Å². The molecule has 1 saturated heterocycles. The standard InChI is InChI=1S/C16H22N2O2S/c1-12-4-6-15(7-5-12)21(19,20)17-18-14-8-9-16(18,3)11-13(2)10-14/h4-7,10,14,17H,8-9,11H2,1-3H3/t14-,16+/m1/s1. The van der Waals surface area contributed by atoms with E-state index in [-0.39, 0.29) is 11.6 Å². The van der Waals surface area contributed by atoms with Gasteiger partial charge in [-0.3, -0.25) is 0 Å². The first-order valence-corrected chi connectivity index (χ1v) is 8.84. The molecule has 0 amide bonds. The molecule has 0 aliphatic carbocycles. The summed E-state index contributed by atoms with van der Waals surface area (Å²) in [4.78, 5) is 3.14. The number of fused-ring (bicyclic) bond motifs is 2. The van der Waals surface area contributed by atoms with Crippen molar-refractivity contribution in [2.75, 3.05) is 0 Å². The molecule has 4 nitrogen and oxygen atoms in total. The molecule has 114 valence electrons. The third kappa shape index (κ3) is 2.65. The summed E-state index contributed by atoms with van der Waals surface area (Å²) in [5, 5.41) is 1.94. The Kier molecular flexibility index (Phi) is 3.47. The highest BCUT2D eigenvalue weighted by atomic mass is 32.2. The molecular weight excluding hydrogens is 284 g/mol. The Labute approximate surface area is 126 Å². The zero-order chi connectivity index (χ0) is 15.3. The van der Waals surface area contributed by atoms with E-state index in [4.69, 9.17) is 0 Å². The number of aryl methyl sites for hydroxylation is 1. The van der Waals surface area contributed by atoms with E-state index in [0.29, 0.717) is 4.90 Å². The van der Waals surface area contributed by atoms with Crippen LogP contribution in [0.5, 0.6) is 0 Å².